The molecule has 0 aliphatic carbocycles. The molecule has 10 heteroatoms. The van der Waals surface area contributed by atoms with Gasteiger partial charge >= 0.3 is 12.1 Å². The lowest BCUT2D eigenvalue weighted by Crippen LogP contribution is -2.65. The average Bonchev–Trinajstić information content (AvgIpc) is 2.27. The van der Waals surface area contributed by atoms with Gasteiger partial charge in [-0.1, -0.05) is 0 Å². The van der Waals surface area contributed by atoms with Crippen LogP contribution in [0, 0.1) is 0 Å². The number of halogens is 3. The zero-order chi connectivity index (χ0) is 14.1. The summed E-state index contributed by atoms with van der Waals surface area (Å²) in [5, 5.41) is 38.1. The number of hydrogen-bond donors (Lipinski definition) is 5. The summed E-state index contributed by atoms with van der Waals surface area (Å²) in [6, 6.07) is -1.85. The Hall–Kier alpha value is -0.940. The Bertz CT molecular complexity index is 312. The second-order valence-corrected chi connectivity index (χ2v) is 3.73. The van der Waals surface area contributed by atoms with Crippen molar-refractivity contribution in [3.05, 3.63) is 0 Å². The highest BCUT2D eigenvalue weighted by Gasteiger charge is 2.48. The zero-order valence-electron chi connectivity index (χ0n) is 8.83. The maximum atomic E-state index is 12.0. The molecule has 5 N–H and O–H groups in total. The minimum atomic E-state index is -5.20. The van der Waals surface area contributed by atoms with Gasteiger partial charge in [-0.3, -0.25) is 4.79 Å². The highest BCUT2D eigenvalue weighted by atomic mass is 19.4. The van der Waals surface area contributed by atoms with Crippen molar-refractivity contribution in [1.29, 1.82) is 0 Å². The topological polar surface area (TPSA) is 119 Å². The van der Waals surface area contributed by atoms with E-state index in [-0.39, 0.29) is 0 Å². The van der Waals surface area contributed by atoms with Gasteiger partial charge < -0.3 is 30.5 Å². The standard InChI is InChI=1S/C8H12F3NO6/c9-8(10,11)7(17)12-3-5(15)4(14)2(1-13)18-6(3)16/h2-6,13-16H,1H2,(H,12,17)/t2?,3?,4?,5?,6-/m1/s1. The van der Waals surface area contributed by atoms with Crippen molar-refractivity contribution in [3.8, 4) is 0 Å². The summed E-state index contributed by atoms with van der Waals surface area (Å²) in [5.41, 5.74) is 0. The first-order valence-electron chi connectivity index (χ1n) is 4.86. The van der Waals surface area contributed by atoms with Gasteiger partial charge in [0, 0.05) is 0 Å². The number of amides is 1. The number of aliphatic hydroxyl groups excluding tert-OH is 4. The molecule has 0 aromatic heterocycles. The molecule has 1 saturated heterocycles. The Balaban J connectivity index is 2.74. The number of hydrogen-bond acceptors (Lipinski definition) is 6. The molecule has 1 aliphatic heterocycles. The van der Waals surface area contributed by atoms with E-state index in [0.29, 0.717) is 0 Å². The van der Waals surface area contributed by atoms with Gasteiger partial charge in [0.15, 0.2) is 6.29 Å². The van der Waals surface area contributed by atoms with Crippen LogP contribution in [0.25, 0.3) is 0 Å². The van der Waals surface area contributed by atoms with Crippen molar-refractivity contribution in [1.82, 2.24) is 5.32 Å². The van der Waals surface area contributed by atoms with Gasteiger partial charge in [0.25, 0.3) is 0 Å². The van der Waals surface area contributed by atoms with E-state index in [9.17, 15) is 33.3 Å². The monoisotopic (exact) mass is 275 g/mol. The van der Waals surface area contributed by atoms with Gasteiger partial charge in [-0.25, -0.2) is 0 Å². The molecule has 1 amide bonds. The fourth-order valence-electron chi connectivity index (χ4n) is 1.49. The number of carbonyl (C=O) groups excluding carboxylic acids is 1. The van der Waals surface area contributed by atoms with Crippen molar-refractivity contribution in [2.24, 2.45) is 0 Å². The van der Waals surface area contributed by atoms with E-state index in [1.54, 1.807) is 0 Å². The predicted molar refractivity (Wildman–Crippen MR) is 48.0 cm³/mol. The van der Waals surface area contributed by atoms with E-state index in [2.05, 4.69) is 4.74 Å². The summed E-state index contributed by atoms with van der Waals surface area (Å²) in [4.78, 5) is 10.6. The minimum absolute atomic E-state index is 0.755. The maximum Gasteiger partial charge on any atom is 0.471 e. The van der Waals surface area contributed by atoms with E-state index >= 15 is 0 Å². The first-order valence-corrected chi connectivity index (χ1v) is 4.86. The number of rotatable bonds is 2. The van der Waals surface area contributed by atoms with Crippen LogP contribution in [0.15, 0.2) is 0 Å². The molecule has 1 rings (SSSR count). The molecule has 0 aromatic rings. The quantitative estimate of drug-likeness (QED) is 0.379. The van der Waals surface area contributed by atoms with E-state index in [1.165, 1.54) is 5.32 Å². The van der Waals surface area contributed by atoms with Crippen molar-refractivity contribution in [2.45, 2.75) is 36.8 Å². The number of ether oxygens (including phenoxy) is 1. The summed E-state index contributed by atoms with van der Waals surface area (Å²) in [6.07, 6.45) is -12.2. The Labute approximate surface area is 98.8 Å². The summed E-state index contributed by atoms with van der Waals surface area (Å²) in [6.45, 7) is -0.755. The van der Waals surface area contributed by atoms with Crippen LogP contribution in [0.3, 0.4) is 0 Å². The fraction of sp³-hybridized carbons (Fsp3) is 0.875. The van der Waals surface area contributed by atoms with Gasteiger partial charge in [-0.05, 0) is 0 Å². The Kier molecular flexibility index (Phi) is 4.50. The smallest absolute Gasteiger partial charge is 0.394 e. The van der Waals surface area contributed by atoms with Crippen LogP contribution in [0.5, 0.6) is 0 Å². The van der Waals surface area contributed by atoms with Gasteiger partial charge in [-0.15, -0.1) is 0 Å². The molecule has 0 bridgehead atoms. The summed E-state index contributed by atoms with van der Waals surface area (Å²) in [5.74, 6) is -2.39. The molecule has 1 aliphatic rings. The number of alkyl halides is 3. The van der Waals surface area contributed by atoms with Crippen molar-refractivity contribution in [3.63, 3.8) is 0 Å². The van der Waals surface area contributed by atoms with Crippen LogP contribution in [0.1, 0.15) is 0 Å². The van der Waals surface area contributed by atoms with Gasteiger partial charge in [0.1, 0.15) is 24.4 Å². The first-order chi connectivity index (χ1) is 8.18. The minimum Gasteiger partial charge on any atom is -0.394 e. The summed E-state index contributed by atoms with van der Waals surface area (Å²) >= 11 is 0. The molecule has 106 valence electrons. The average molecular weight is 275 g/mol. The molecule has 5 atom stereocenters. The molecule has 1 heterocycles. The summed E-state index contributed by atoms with van der Waals surface area (Å²) < 4.78 is 40.5. The molecule has 18 heavy (non-hydrogen) atoms. The second kappa shape index (κ2) is 5.36. The number of nitrogens with one attached hydrogen (secondary N) is 1. The molecular formula is C8H12F3NO6. The molecule has 0 aromatic carbocycles. The third-order valence-electron chi connectivity index (χ3n) is 2.46. The molecule has 7 nitrogen and oxygen atoms in total. The molecule has 0 saturated carbocycles. The largest absolute Gasteiger partial charge is 0.471 e. The van der Waals surface area contributed by atoms with E-state index < -0.39 is 49.3 Å². The normalized spacial score (nSPS) is 37.4. The summed E-state index contributed by atoms with van der Waals surface area (Å²) in [7, 11) is 0. The lowest BCUT2D eigenvalue weighted by atomic mass is 9.97. The van der Waals surface area contributed by atoms with Crippen LogP contribution >= 0.6 is 0 Å². The van der Waals surface area contributed by atoms with E-state index in [4.69, 9.17) is 5.11 Å². The molecule has 4 unspecified atom stereocenters. The number of carbonyl (C=O) groups is 1. The second-order valence-electron chi connectivity index (χ2n) is 3.73. The predicted octanol–water partition coefficient (Wildman–Crippen LogP) is -2.54. The van der Waals surface area contributed by atoms with E-state index in [1.807, 2.05) is 0 Å². The SMILES string of the molecule is O=C(NC1C(O)C(O)C(CO)O[C@H]1O)C(F)(F)F. The van der Waals surface area contributed by atoms with Gasteiger partial charge in [0.05, 0.1) is 6.61 Å². The van der Waals surface area contributed by atoms with Crippen molar-refractivity contribution >= 4 is 5.91 Å². The zero-order valence-corrected chi connectivity index (χ0v) is 8.83. The van der Waals surface area contributed by atoms with Crippen molar-refractivity contribution in [2.75, 3.05) is 6.61 Å². The molecule has 0 radical (unpaired) electrons. The van der Waals surface area contributed by atoms with E-state index in [0.717, 1.165) is 0 Å². The molecular weight excluding hydrogens is 263 g/mol. The van der Waals surface area contributed by atoms with Crippen molar-refractivity contribution < 1.29 is 43.1 Å². The van der Waals surface area contributed by atoms with Crippen LogP contribution in [0.4, 0.5) is 13.2 Å². The Morgan fingerprint density at radius 2 is 1.78 bits per heavy atom. The van der Waals surface area contributed by atoms with Gasteiger partial charge in [-0.2, -0.15) is 13.2 Å². The lowest BCUT2D eigenvalue weighted by Gasteiger charge is -2.40. The third-order valence-corrected chi connectivity index (χ3v) is 2.46. The van der Waals surface area contributed by atoms with Crippen LogP contribution in [0.2, 0.25) is 0 Å². The maximum absolute atomic E-state index is 12.0. The Morgan fingerprint density at radius 3 is 2.22 bits per heavy atom. The third kappa shape index (κ3) is 3.09. The first kappa shape index (κ1) is 15.1. The number of aliphatic hydroxyl groups is 4. The van der Waals surface area contributed by atoms with Crippen LogP contribution in [-0.4, -0.2) is 69.8 Å². The molecule has 1 fully saturated rings. The van der Waals surface area contributed by atoms with Crippen LogP contribution < -0.4 is 5.32 Å². The Morgan fingerprint density at radius 1 is 1.22 bits per heavy atom. The highest BCUT2D eigenvalue weighted by Crippen LogP contribution is 2.21. The van der Waals surface area contributed by atoms with Gasteiger partial charge in [0.2, 0.25) is 0 Å². The molecule has 0 spiro atoms. The lowest BCUT2D eigenvalue weighted by molar-refractivity contribution is -0.256. The highest BCUT2D eigenvalue weighted by molar-refractivity contribution is 5.82. The van der Waals surface area contributed by atoms with Crippen LogP contribution in [-0.2, 0) is 9.53 Å². The fourth-order valence-corrected chi connectivity index (χ4v) is 1.49.